The molecule has 1 N–H and O–H groups in total. The quantitative estimate of drug-likeness (QED) is 0.920. The molecule has 1 unspecified atom stereocenters. The van der Waals surface area contributed by atoms with Crippen molar-refractivity contribution in [2.45, 2.75) is 64.8 Å². The van der Waals surface area contributed by atoms with E-state index < -0.39 is 0 Å². The molecule has 1 aliphatic heterocycles. The number of anilines is 1. The Labute approximate surface area is 143 Å². The molecule has 2 amide bonds. The summed E-state index contributed by atoms with van der Waals surface area (Å²) >= 11 is 0. The minimum absolute atomic E-state index is 0.109. The first-order valence-electron chi connectivity index (χ1n) is 9.01. The highest BCUT2D eigenvalue weighted by Crippen LogP contribution is 2.29. The molecule has 1 aromatic heterocycles. The number of hydrogen-bond acceptors (Lipinski definition) is 4. The minimum atomic E-state index is -0.278. The predicted octanol–water partition coefficient (Wildman–Crippen LogP) is 2.47. The van der Waals surface area contributed by atoms with Crippen molar-refractivity contribution in [3.05, 3.63) is 17.6 Å². The van der Waals surface area contributed by atoms with Crippen LogP contribution in [0.15, 0.2) is 6.07 Å². The summed E-state index contributed by atoms with van der Waals surface area (Å²) in [7, 11) is 0. The van der Waals surface area contributed by atoms with E-state index >= 15 is 0 Å². The first kappa shape index (κ1) is 16.9. The molecule has 2 heterocycles. The Balaban J connectivity index is 1.63. The number of hydrogen-bond donors (Lipinski definition) is 1. The molecule has 0 radical (unpaired) electrons. The van der Waals surface area contributed by atoms with Gasteiger partial charge in [-0.1, -0.05) is 26.2 Å². The Hall–Kier alpha value is -1.98. The van der Waals surface area contributed by atoms with E-state index in [9.17, 15) is 9.59 Å². The van der Waals surface area contributed by atoms with Crippen molar-refractivity contribution in [3.8, 4) is 0 Å². The third-order valence-corrected chi connectivity index (χ3v) is 5.05. The van der Waals surface area contributed by atoms with E-state index in [0.29, 0.717) is 30.6 Å². The van der Waals surface area contributed by atoms with Gasteiger partial charge in [0.15, 0.2) is 0 Å². The molecule has 0 aromatic carbocycles. The molecule has 6 nitrogen and oxygen atoms in total. The van der Waals surface area contributed by atoms with Gasteiger partial charge in [0.05, 0.1) is 5.92 Å². The third kappa shape index (κ3) is 3.74. The van der Waals surface area contributed by atoms with E-state index in [-0.39, 0.29) is 17.7 Å². The maximum atomic E-state index is 12.5. The van der Waals surface area contributed by atoms with E-state index in [1.165, 1.54) is 19.3 Å². The van der Waals surface area contributed by atoms with Crippen LogP contribution in [0.1, 0.15) is 57.0 Å². The van der Waals surface area contributed by atoms with Crippen molar-refractivity contribution < 1.29 is 9.59 Å². The van der Waals surface area contributed by atoms with E-state index in [2.05, 4.69) is 15.3 Å². The molecule has 2 aliphatic rings. The molecule has 2 fully saturated rings. The van der Waals surface area contributed by atoms with Crippen LogP contribution in [0.3, 0.4) is 0 Å². The van der Waals surface area contributed by atoms with Gasteiger partial charge in [0, 0.05) is 30.8 Å². The molecular formula is C18H26N4O2. The van der Waals surface area contributed by atoms with Crippen molar-refractivity contribution in [2.75, 3.05) is 11.9 Å². The van der Waals surface area contributed by atoms with Gasteiger partial charge in [0.1, 0.15) is 11.6 Å². The van der Waals surface area contributed by atoms with Gasteiger partial charge in [-0.05, 0) is 26.2 Å². The van der Waals surface area contributed by atoms with Gasteiger partial charge >= 0.3 is 0 Å². The Morgan fingerprint density at radius 3 is 2.75 bits per heavy atom. The fourth-order valence-corrected chi connectivity index (χ4v) is 3.76. The number of likely N-dealkylation sites (tertiary alicyclic amines) is 1. The minimum Gasteiger partial charge on any atom is -0.339 e. The standard InChI is InChI=1S/C18H26N4O2/c1-3-14-10-16(20-12(2)19-14)21-18(24)13-9-17(23)22(11-13)15-7-5-4-6-8-15/h10,13,15H,3-9,11H2,1-2H3,(H,19,20,21,24). The highest BCUT2D eigenvalue weighted by Gasteiger charge is 2.38. The Kier molecular flexibility index (Phi) is 5.11. The van der Waals surface area contributed by atoms with Crippen molar-refractivity contribution in [3.63, 3.8) is 0 Å². The van der Waals surface area contributed by atoms with Crippen LogP contribution in [0.2, 0.25) is 0 Å². The number of amides is 2. The number of carbonyl (C=O) groups excluding carboxylic acids is 2. The SMILES string of the molecule is CCc1cc(NC(=O)C2CC(=O)N(C3CCCCC3)C2)nc(C)n1. The van der Waals surface area contributed by atoms with Crippen molar-refractivity contribution in [1.82, 2.24) is 14.9 Å². The summed E-state index contributed by atoms with van der Waals surface area (Å²) in [5, 5.41) is 2.87. The van der Waals surface area contributed by atoms with Gasteiger partial charge in [-0.25, -0.2) is 9.97 Å². The van der Waals surface area contributed by atoms with Crippen LogP contribution in [0, 0.1) is 12.8 Å². The third-order valence-electron chi connectivity index (χ3n) is 5.05. The second-order valence-electron chi connectivity index (χ2n) is 6.87. The molecule has 1 aliphatic carbocycles. The second-order valence-corrected chi connectivity index (χ2v) is 6.87. The lowest BCUT2D eigenvalue weighted by Gasteiger charge is -2.31. The number of nitrogens with one attached hydrogen (secondary N) is 1. The average Bonchev–Trinajstić information content (AvgIpc) is 2.97. The number of aryl methyl sites for hydroxylation is 2. The zero-order valence-electron chi connectivity index (χ0n) is 14.5. The van der Waals surface area contributed by atoms with Crippen LogP contribution in [-0.4, -0.2) is 39.3 Å². The summed E-state index contributed by atoms with van der Waals surface area (Å²) < 4.78 is 0. The normalized spacial score (nSPS) is 22.0. The lowest BCUT2D eigenvalue weighted by atomic mass is 9.94. The summed E-state index contributed by atoms with van der Waals surface area (Å²) in [6.07, 6.45) is 6.89. The molecule has 6 heteroatoms. The average molecular weight is 330 g/mol. The Morgan fingerprint density at radius 1 is 1.29 bits per heavy atom. The molecule has 1 saturated carbocycles. The van der Waals surface area contributed by atoms with Gasteiger partial charge < -0.3 is 10.2 Å². The molecule has 3 rings (SSSR count). The van der Waals surface area contributed by atoms with Crippen molar-refractivity contribution in [1.29, 1.82) is 0 Å². The van der Waals surface area contributed by atoms with Crippen LogP contribution in [-0.2, 0) is 16.0 Å². The van der Waals surface area contributed by atoms with Gasteiger partial charge in [0.25, 0.3) is 0 Å². The smallest absolute Gasteiger partial charge is 0.230 e. The summed E-state index contributed by atoms with van der Waals surface area (Å²) in [6.45, 7) is 4.38. The number of carbonyl (C=O) groups is 2. The monoisotopic (exact) mass is 330 g/mol. The van der Waals surface area contributed by atoms with Gasteiger partial charge in [0.2, 0.25) is 11.8 Å². The van der Waals surface area contributed by atoms with Crippen LogP contribution in [0.5, 0.6) is 0 Å². The second kappa shape index (κ2) is 7.28. The topological polar surface area (TPSA) is 75.2 Å². The molecule has 1 saturated heterocycles. The molecule has 0 spiro atoms. The summed E-state index contributed by atoms with van der Waals surface area (Å²) in [5.74, 6) is 0.917. The van der Waals surface area contributed by atoms with Crippen LogP contribution in [0.25, 0.3) is 0 Å². The Bertz CT molecular complexity index is 625. The van der Waals surface area contributed by atoms with Gasteiger partial charge in [-0.15, -0.1) is 0 Å². The van der Waals surface area contributed by atoms with Gasteiger partial charge in [-0.2, -0.15) is 0 Å². The summed E-state index contributed by atoms with van der Waals surface area (Å²) in [6, 6.07) is 2.14. The first-order valence-corrected chi connectivity index (χ1v) is 9.01. The largest absolute Gasteiger partial charge is 0.339 e. The highest BCUT2D eigenvalue weighted by molar-refractivity contribution is 5.96. The van der Waals surface area contributed by atoms with Crippen LogP contribution in [0.4, 0.5) is 5.82 Å². The van der Waals surface area contributed by atoms with Gasteiger partial charge in [-0.3, -0.25) is 9.59 Å². The highest BCUT2D eigenvalue weighted by atomic mass is 16.2. The van der Waals surface area contributed by atoms with E-state index in [0.717, 1.165) is 25.0 Å². The summed E-state index contributed by atoms with van der Waals surface area (Å²) in [5.41, 5.74) is 0.907. The van der Waals surface area contributed by atoms with E-state index in [1.54, 1.807) is 6.07 Å². The molecule has 1 aromatic rings. The maximum absolute atomic E-state index is 12.5. The molecule has 0 bridgehead atoms. The first-order chi connectivity index (χ1) is 11.6. The van der Waals surface area contributed by atoms with Crippen LogP contribution >= 0.6 is 0 Å². The molecule has 1 atom stereocenters. The van der Waals surface area contributed by atoms with E-state index in [4.69, 9.17) is 0 Å². The lowest BCUT2D eigenvalue weighted by molar-refractivity contribution is -0.130. The van der Waals surface area contributed by atoms with Crippen molar-refractivity contribution in [2.24, 2.45) is 5.92 Å². The predicted molar refractivity (Wildman–Crippen MR) is 91.5 cm³/mol. The lowest BCUT2D eigenvalue weighted by Crippen LogP contribution is -2.38. The van der Waals surface area contributed by atoms with Crippen LogP contribution < -0.4 is 5.32 Å². The Morgan fingerprint density at radius 2 is 2.04 bits per heavy atom. The summed E-state index contributed by atoms with van der Waals surface area (Å²) in [4.78, 5) is 35.4. The number of aromatic nitrogens is 2. The maximum Gasteiger partial charge on any atom is 0.230 e. The molecule has 130 valence electrons. The number of nitrogens with zero attached hydrogens (tertiary/aromatic N) is 3. The zero-order valence-corrected chi connectivity index (χ0v) is 14.5. The van der Waals surface area contributed by atoms with E-state index in [1.807, 2.05) is 18.7 Å². The fourth-order valence-electron chi connectivity index (χ4n) is 3.76. The fraction of sp³-hybridized carbons (Fsp3) is 0.667. The van der Waals surface area contributed by atoms with Crippen molar-refractivity contribution >= 4 is 17.6 Å². The molecule has 24 heavy (non-hydrogen) atoms. The molecular weight excluding hydrogens is 304 g/mol. The number of rotatable bonds is 4. The zero-order chi connectivity index (χ0) is 17.1.